The first-order valence-electron chi connectivity index (χ1n) is 3.65. The summed E-state index contributed by atoms with van der Waals surface area (Å²) in [5.74, 6) is 0. The van der Waals surface area contributed by atoms with Gasteiger partial charge in [0, 0.05) is 25.0 Å². The van der Waals surface area contributed by atoms with E-state index >= 15 is 0 Å². The number of nitrogens with zero attached hydrogens (tertiary/aromatic N) is 1. The van der Waals surface area contributed by atoms with E-state index in [-0.39, 0.29) is 6.04 Å². The van der Waals surface area contributed by atoms with Crippen molar-refractivity contribution in [2.24, 2.45) is 5.73 Å². The van der Waals surface area contributed by atoms with Crippen LogP contribution in [0.15, 0.2) is 18.5 Å². The molecule has 0 aliphatic rings. The van der Waals surface area contributed by atoms with Crippen molar-refractivity contribution in [1.29, 1.82) is 0 Å². The molecule has 2 nitrogen and oxygen atoms in total. The highest BCUT2D eigenvalue weighted by atomic mass is 14.9. The zero-order valence-electron chi connectivity index (χ0n) is 6.54. The van der Waals surface area contributed by atoms with Gasteiger partial charge in [0.25, 0.3) is 0 Å². The summed E-state index contributed by atoms with van der Waals surface area (Å²) in [6, 6.07) is 2.22. The Kier molecular flexibility index (Phi) is 2.12. The Labute approximate surface area is 61.7 Å². The van der Waals surface area contributed by atoms with Gasteiger partial charge in [-0.1, -0.05) is 0 Å². The first kappa shape index (κ1) is 7.35. The van der Waals surface area contributed by atoms with Gasteiger partial charge in [-0.25, -0.2) is 0 Å². The highest BCUT2D eigenvalue weighted by Crippen LogP contribution is 2.08. The van der Waals surface area contributed by atoms with Crippen molar-refractivity contribution in [3.8, 4) is 0 Å². The molecule has 0 radical (unpaired) electrons. The number of aromatic nitrogens is 1. The van der Waals surface area contributed by atoms with Crippen LogP contribution in [0.1, 0.15) is 25.5 Å². The van der Waals surface area contributed by atoms with Crippen molar-refractivity contribution in [2.45, 2.75) is 26.4 Å². The molecule has 56 valence electrons. The van der Waals surface area contributed by atoms with Crippen LogP contribution in [0.25, 0.3) is 0 Å². The minimum atomic E-state index is 0.160. The molecular formula is C8H14N2. The fourth-order valence-corrected chi connectivity index (χ4v) is 0.925. The molecule has 1 aromatic heterocycles. The summed E-state index contributed by atoms with van der Waals surface area (Å²) in [7, 11) is 0. The van der Waals surface area contributed by atoms with E-state index in [1.165, 1.54) is 5.56 Å². The Morgan fingerprint density at radius 1 is 1.70 bits per heavy atom. The van der Waals surface area contributed by atoms with E-state index in [1.807, 2.05) is 6.92 Å². The van der Waals surface area contributed by atoms with Crippen LogP contribution in [0, 0.1) is 0 Å². The first-order valence-corrected chi connectivity index (χ1v) is 3.65. The second-order valence-corrected chi connectivity index (χ2v) is 2.56. The Morgan fingerprint density at radius 2 is 2.40 bits per heavy atom. The SMILES string of the molecule is CCn1ccc([C@H](C)N)c1. The van der Waals surface area contributed by atoms with Crippen LogP contribution in [0.2, 0.25) is 0 Å². The topological polar surface area (TPSA) is 30.9 Å². The molecule has 1 atom stereocenters. The zero-order valence-corrected chi connectivity index (χ0v) is 6.54. The molecule has 2 N–H and O–H groups in total. The van der Waals surface area contributed by atoms with Crippen LogP contribution < -0.4 is 5.73 Å². The van der Waals surface area contributed by atoms with Crippen LogP contribution in [-0.4, -0.2) is 4.57 Å². The molecule has 1 heterocycles. The Hall–Kier alpha value is -0.760. The Balaban J connectivity index is 2.78. The molecule has 0 spiro atoms. The lowest BCUT2D eigenvalue weighted by molar-refractivity contribution is 0.752. The summed E-state index contributed by atoms with van der Waals surface area (Å²) in [4.78, 5) is 0. The molecule has 1 rings (SSSR count). The molecule has 0 aromatic carbocycles. The average Bonchev–Trinajstić information content (AvgIpc) is 2.34. The molecule has 2 heteroatoms. The van der Waals surface area contributed by atoms with Gasteiger partial charge in [0.1, 0.15) is 0 Å². The standard InChI is InChI=1S/C8H14N2/c1-3-10-5-4-8(6-10)7(2)9/h4-7H,3,9H2,1-2H3/t7-/m0/s1. The van der Waals surface area contributed by atoms with E-state index in [0.29, 0.717) is 0 Å². The van der Waals surface area contributed by atoms with Gasteiger partial charge in [-0.15, -0.1) is 0 Å². The van der Waals surface area contributed by atoms with Crippen molar-refractivity contribution >= 4 is 0 Å². The molecule has 1 aromatic rings. The third-order valence-corrected chi connectivity index (χ3v) is 1.66. The maximum Gasteiger partial charge on any atom is 0.0281 e. The maximum atomic E-state index is 5.67. The second-order valence-electron chi connectivity index (χ2n) is 2.56. The monoisotopic (exact) mass is 138 g/mol. The minimum absolute atomic E-state index is 0.160. The molecule has 10 heavy (non-hydrogen) atoms. The van der Waals surface area contributed by atoms with Crippen molar-refractivity contribution < 1.29 is 0 Å². The van der Waals surface area contributed by atoms with E-state index in [0.717, 1.165) is 6.54 Å². The molecule has 0 saturated carbocycles. The van der Waals surface area contributed by atoms with Gasteiger partial charge in [-0.3, -0.25) is 0 Å². The van der Waals surface area contributed by atoms with Crippen molar-refractivity contribution in [1.82, 2.24) is 4.57 Å². The van der Waals surface area contributed by atoms with Gasteiger partial charge in [-0.05, 0) is 25.5 Å². The van der Waals surface area contributed by atoms with Gasteiger partial charge in [0.15, 0.2) is 0 Å². The van der Waals surface area contributed by atoms with E-state index in [1.54, 1.807) is 0 Å². The predicted molar refractivity (Wildman–Crippen MR) is 42.7 cm³/mol. The van der Waals surface area contributed by atoms with Crippen molar-refractivity contribution in [3.63, 3.8) is 0 Å². The molecular weight excluding hydrogens is 124 g/mol. The Morgan fingerprint density at radius 3 is 2.70 bits per heavy atom. The summed E-state index contributed by atoms with van der Waals surface area (Å²) in [5.41, 5.74) is 6.88. The average molecular weight is 138 g/mol. The highest BCUT2D eigenvalue weighted by Gasteiger charge is 1.98. The maximum absolute atomic E-state index is 5.67. The van der Waals surface area contributed by atoms with Crippen molar-refractivity contribution in [2.75, 3.05) is 0 Å². The minimum Gasteiger partial charge on any atom is -0.354 e. The van der Waals surface area contributed by atoms with E-state index in [9.17, 15) is 0 Å². The van der Waals surface area contributed by atoms with Gasteiger partial charge in [-0.2, -0.15) is 0 Å². The van der Waals surface area contributed by atoms with Gasteiger partial charge in [0.05, 0.1) is 0 Å². The molecule has 0 unspecified atom stereocenters. The molecule has 0 amide bonds. The summed E-state index contributed by atoms with van der Waals surface area (Å²) in [5, 5.41) is 0. The fraction of sp³-hybridized carbons (Fsp3) is 0.500. The van der Waals surface area contributed by atoms with Crippen LogP contribution in [0.3, 0.4) is 0 Å². The van der Waals surface area contributed by atoms with Crippen LogP contribution in [-0.2, 0) is 6.54 Å². The smallest absolute Gasteiger partial charge is 0.0281 e. The third-order valence-electron chi connectivity index (χ3n) is 1.66. The third kappa shape index (κ3) is 1.39. The van der Waals surface area contributed by atoms with Gasteiger partial charge < -0.3 is 10.3 Å². The van der Waals surface area contributed by atoms with Crippen LogP contribution in [0.4, 0.5) is 0 Å². The lowest BCUT2D eigenvalue weighted by Crippen LogP contribution is -2.03. The molecule has 0 saturated heterocycles. The molecule has 0 aliphatic carbocycles. The largest absolute Gasteiger partial charge is 0.354 e. The van der Waals surface area contributed by atoms with E-state index in [2.05, 4.69) is 30.0 Å². The molecule has 0 aliphatic heterocycles. The van der Waals surface area contributed by atoms with Crippen LogP contribution in [0.5, 0.6) is 0 Å². The van der Waals surface area contributed by atoms with Gasteiger partial charge in [0.2, 0.25) is 0 Å². The lowest BCUT2D eigenvalue weighted by Gasteiger charge is -1.99. The summed E-state index contributed by atoms with van der Waals surface area (Å²) < 4.78 is 2.12. The van der Waals surface area contributed by atoms with E-state index < -0.39 is 0 Å². The number of hydrogen-bond acceptors (Lipinski definition) is 1. The molecule has 0 bridgehead atoms. The number of hydrogen-bond donors (Lipinski definition) is 1. The number of nitrogens with two attached hydrogens (primary N) is 1. The Bertz CT molecular complexity index is 201. The number of rotatable bonds is 2. The summed E-state index contributed by atoms with van der Waals surface area (Å²) in [6.07, 6.45) is 4.14. The predicted octanol–water partition coefficient (Wildman–Crippen LogP) is 1.53. The summed E-state index contributed by atoms with van der Waals surface area (Å²) in [6.45, 7) is 5.13. The fourth-order valence-electron chi connectivity index (χ4n) is 0.925. The first-order chi connectivity index (χ1) is 4.74. The van der Waals surface area contributed by atoms with Crippen LogP contribution >= 0.6 is 0 Å². The lowest BCUT2D eigenvalue weighted by atomic mass is 10.2. The van der Waals surface area contributed by atoms with Crippen molar-refractivity contribution in [3.05, 3.63) is 24.0 Å². The number of aryl methyl sites for hydroxylation is 1. The van der Waals surface area contributed by atoms with E-state index in [4.69, 9.17) is 5.73 Å². The second kappa shape index (κ2) is 2.88. The zero-order chi connectivity index (χ0) is 7.56. The molecule has 0 fully saturated rings. The highest BCUT2D eigenvalue weighted by molar-refractivity contribution is 5.13. The quantitative estimate of drug-likeness (QED) is 0.660. The normalized spacial score (nSPS) is 13.5. The van der Waals surface area contributed by atoms with Gasteiger partial charge >= 0.3 is 0 Å². The summed E-state index contributed by atoms with van der Waals surface area (Å²) >= 11 is 0.